The number of carboxylic acid groups (broad SMARTS) is 1. The molecule has 100 valence electrons. The lowest BCUT2D eigenvalue weighted by atomic mass is 10.3. The molecule has 6 nitrogen and oxygen atoms in total. The number of aliphatic carboxylic acids is 1. The van der Waals surface area contributed by atoms with Gasteiger partial charge in [0.25, 0.3) is 0 Å². The van der Waals surface area contributed by atoms with Crippen LogP contribution in [0.2, 0.25) is 0 Å². The Labute approximate surface area is 108 Å². The Hall–Kier alpha value is -1.47. The van der Waals surface area contributed by atoms with Crippen molar-refractivity contribution in [2.45, 2.75) is 18.7 Å². The highest BCUT2D eigenvalue weighted by Crippen LogP contribution is 2.20. The highest BCUT2D eigenvalue weighted by Gasteiger charge is 2.17. The van der Waals surface area contributed by atoms with E-state index in [0.717, 1.165) is 0 Å². The molecule has 1 rings (SSSR count). The van der Waals surface area contributed by atoms with Gasteiger partial charge in [-0.05, 0) is 13.0 Å². The fraction of sp³-hybridized carbons (Fsp3) is 0.455. The summed E-state index contributed by atoms with van der Waals surface area (Å²) in [5.74, 6) is -0.0490. The van der Waals surface area contributed by atoms with Crippen molar-refractivity contribution in [3.8, 4) is 0 Å². The predicted molar refractivity (Wildman–Crippen MR) is 66.6 cm³/mol. The van der Waals surface area contributed by atoms with Gasteiger partial charge in [0.15, 0.2) is 0 Å². The van der Waals surface area contributed by atoms with E-state index in [-0.39, 0.29) is 11.5 Å². The van der Waals surface area contributed by atoms with Crippen LogP contribution in [-0.2, 0) is 15.3 Å². The molecular weight excluding hydrogens is 258 g/mol. The second-order valence-electron chi connectivity index (χ2n) is 3.68. The molecule has 0 aliphatic rings. The zero-order valence-corrected chi connectivity index (χ0v) is 11.0. The molecule has 0 amide bonds. The third-order valence-corrected chi connectivity index (χ3v) is 3.28. The van der Waals surface area contributed by atoms with Gasteiger partial charge in [-0.15, -0.1) is 0 Å². The Kier molecular flexibility index (Phi) is 5.24. The number of hydrogen-bond acceptors (Lipinski definition) is 6. The molecule has 7 heteroatoms. The fourth-order valence-corrected chi connectivity index (χ4v) is 2.13. The largest absolute Gasteiger partial charge is 0.480 e. The first-order valence-electron chi connectivity index (χ1n) is 5.19. The van der Waals surface area contributed by atoms with Gasteiger partial charge < -0.3 is 20.0 Å². The highest BCUT2D eigenvalue weighted by molar-refractivity contribution is 7.98. The van der Waals surface area contributed by atoms with Crippen molar-refractivity contribution in [3.63, 3.8) is 0 Å². The standard InChI is InChI=1S/C11H15NO5S/c1-6-3-7(17-9(6)11(15)16-2)4-18-5-8(12)10(13)14/h3,8H,4-5,12H2,1-2H3,(H,13,14). The maximum Gasteiger partial charge on any atom is 0.374 e. The summed E-state index contributed by atoms with van der Waals surface area (Å²) >= 11 is 1.33. The Bertz CT molecular complexity index is 443. The van der Waals surface area contributed by atoms with Crippen molar-refractivity contribution in [2.24, 2.45) is 5.73 Å². The minimum atomic E-state index is -1.03. The molecule has 0 aromatic carbocycles. The number of carbonyl (C=O) groups is 2. The van der Waals surface area contributed by atoms with E-state index in [1.165, 1.54) is 18.9 Å². The molecule has 1 aromatic heterocycles. The average Bonchev–Trinajstić information content (AvgIpc) is 2.69. The van der Waals surface area contributed by atoms with Crippen LogP contribution >= 0.6 is 11.8 Å². The van der Waals surface area contributed by atoms with Gasteiger partial charge in [-0.25, -0.2) is 4.79 Å². The van der Waals surface area contributed by atoms with E-state index in [4.69, 9.17) is 15.3 Å². The third-order valence-electron chi connectivity index (χ3n) is 2.20. The van der Waals surface area contributed by atoms with E-state index < -0.39 is 18.0 Å². The zero-order chi connectivity index (χ0) is 13.7. The van der Waals surface area contributed by atoms with Crippen LogP contribution in [0.4, 0.5) is 0 Å². The number of esters is 1. The highest BCUT2D eigenvalue weighted by atomic mass is 32.2. The van der Waals surface area contributed by atoms with Crippen LogP contribution in [-0.4, -0.2) is 35.9 Å². The quantitative estimate of drug-likeness (QED) is 0.746. The molecule has 0 saturated carbocycles. The first kappa shape index (κ1) is 14.6. The van der Waals surface area contributed by atoms with E-state index >= 15 is 0 Å². The minimum Gasteiger partial charge on any atom is -0.480 e. The van der Waals surface area contributed by atoms with Gasteiger partial charge in [0.2, 0.25) is 5.76 Å². The van der Waals surface area contributed by atoms with E-state index in [0.29, 0.717) is 17.1 Å². The lowest BCUT2D eigenvalue weighted by Gasteiger charge is -2.04. The Morgan fingerprint density at radius 3 is 2.83 bits per heavy atom. The summed E-state index contributed by atoms with van der Waals surface area (Å²) in [6.07, 6.45) is 0. The number of hydrogen-bond donors (Lipinski definition) is 2. The van der Waals surface area contributed by atoms with E-state index in [1.807, 2.05) is 0 Å². The second kappa shape index (κ2) is 6.46. The molecule has 1 atom stereocenters. The lowest BCUT2D eigenvalue weighted by Crippen LogP contribution is -2.32. The Balaban J connectivity index is 2.54. The van der Waals surface area contributed by atoms with E-state index in [9.17, 15) is 9.59 Å². The van der Waals surface area contributed by atoms with E-state index in [1.54, 1.807) is 13.0 Å². The van der Waals surface area contributed by atoms with Crippen LogP contribution in [0, 0.1) is 6.92 Å². The Morgan fingerprint density at radius 1 is 1.61 bits per heavy atom. The van der Waals surface area contributed by atoms with E-state index in [2.05, 4.69) is 4.74 Å². The molecular formula is C11H15NO5S. The number of thioether (sulfide) groups is 1. The maximum atomic E-state index is 11.3. The molecule has 18 heavy (non-hydrogen) atoms. The van der Waals surface area contributed by atoms with Gasteiger partial charge in [-0.1, -0.05) is 0 Å². The minimum absolute atomic E-state index is 0.177. The number of methoxy groups -OCH3 is 1. The molecule has 0 aliphatic heterocycles. The second-order valence-corrected chi connectivity index (χ2v) is 4.71. The molecule has 1 heterocycles. The first-order chi connectivity index (χ1) is 8.45. The smallest absolute Gasteiger partial charge is 0.374 e. The SMILES string of the molecule is COC(=O)c1oc(CSCC(N)C(=O)O)cc1C. The zero-order valence-electron chi connectivity index (χ0n) is 10.1. The molecule has 0 spiro atoms. The summed E-state index contributed by atoms with van der Waals surface area (Å²) < 4.78 is 9.89. The van der Waals surface area contributed by atoms with Crippen molar-refractivity contribution in [1.29, 1.82) is 0 Å². The fourth-order valence-electron chi connectivity index (χ4n) is 1.27. The molecule has 1 unspecified atom stereocenters. The number of nitrogens with two attached hydrogens (primary N) is 1. The average molecular weight is 273 g/mol. The summed E-state index contributed by atoms with van der Waals surface area (Å²) in [6, 6.07) is 0.831. The van der Waals surface area contributed by atoms with Crippen LogP contribution in [0.1, 0.15) is 21.9 Å². The molecule has 0 bridgehead atoms. The van der Waals surface area contributed by atoms with Gasteiger partial charge in [0, 0.05) is 11.3 Å². The van der Waals surface area contributed by atoms with Gasteiger partial charge in [-0.3, -0.25) is 4.79 Å². The topological polar surface area (TPSA) is 103 Å². The number of ether oxygens (including phenoxy) is 1. The monoisotopic (exact) mass is 273 g/mol. The molecule has 1 aromatic rings. The van der Waals surface area contributed by atoms with Gasteiger partial charge in [-0.2, -0.15) is 11.8 Å². The summed E-state index contributed by atoms with van der Waals surface area (Å²) in [5, 5.41) is 8.61. The molecule has 0 saturated heterocycles. The predicted octanol–water partition coefficient (Wildman–Crippen LogP) is 1.02. The number of aryl methyl sites for hydroxylation is 1. The molecule has 0 radical (unpaired) electrons. The molecule has 0 fully saturated rings. The van der Waals surface area contributed by atoms with Crippen molar-refractivity contribution < 1.29 is 23.8 Å². The van der Waals surface area contributed by atoms with Crippen molar-refractivity contribution in [2.75, 3.05) is 12.9 Å². The lowest BCUT2D eigenvalue weighted by molar-refractivity contribution is -0.137. The van der Waals surface area contributed by atoms with Crippen molar-refractivity contribution in [1.82, 2.24) is 0 Å². The summed E-state index contributed by atoms with van der Waals surface area (Å²) in [5.41, 5.74) is 6.05. The summed E-state index contributed by atoms with van der Waals surface area (Å²) in [4.78, 5) is 21.8. The third kappa shape index (κ3) is 3.78. The first-order valence-corrected chi connectivity index (χ1v) is 6.35. The van der Waals surface area contributed by atoms with Gasteiger partial charge in [0.05, 0.1) is 12.9 Å². The summed E-state index contributed by atoms with van der Waals surface area (Å²) in [6.45, 7) is 1.74. The Morgan fingerprint density at radius 2 is 2.28 bits per heavy atom. The number of carbonyl (C=O) groups excluding carboxylic acids is 1. The van der Waals surface area contributed by atoms with Crippen LogP contribution in [0.3, 0.4) is 0 Å². The molecule has 0 aliphatic carbocycles. The van der Waals surface area contributed by atoms with Crippen LogP contribution in [0.15, 0.2) is 10.5 Å². The van der Waals surface area contributed by atoms with Crippen molar-refractivity contribution in [3.05, 3.63) is 23.2 Å². The molecule has 3 N–H and O–H groups in total. The number of furan rings is 1. The van der Waals surface area contributed by atoms with Crippen LogP contribution in [0.5, 0.6) is 0 Å². The number of carboxylic acids is 1. The van der Waals surface area contributed by atoms with Crippen LogP contribution in [0.25, 0.3) is 0 Å². The number of rotatable bonds is 6. The van der Waals surface area contributed by atoms with Gasteiger partial charge in [0.1, 0.15) is 11.8 Å². The summed E-state index contributed by atoms with van der Waals surface area (Å²) in [7, 11) is 1.28. The maximum absolute atomic E-state index is 11.3. The normalized spacial score (nSPS) is 12.2. The van der Waals surface area contributed by atoms with Gasteiger partial charge >= 0.3 is 11.9 Å². The van der Waals surface area contributed by atoms with Crippen LogP contribution < -0.4 is 5.73 Å². The van der Waals surface area contributed by atoms with Crippen molar-refractivity contribution >= 4 is 23.7 Å².